The Morgan fingerprint density at radius 2 is 2.09 bits per heavy atom. The molecule has 114 valence electrons. The summed E-state index contributed by atoms with van der Waals surface area (Å²) in [4.78, 5) is 16.0. The van der Waals surface area contributed by atoms with Gasteiger partial charge in [-0.05, 0) is 24.3 Å². The molecule has 22 heavy (non-hydrogen) atoms. The molecule has 1 N–H and O–H groups in total. The lowest BCUT2D eigenvalue weighted by Gasteiger charge is -2.12. The minimum Gasteiger partial charge on any atom is -0.454 e. The van der Waals surface area contributed by atoms with Gasteiger partial charge < -0.3 is 19.5 Å². The van der Waals surface area contributed by atoms with E-state index in [9.17, 15) is 4.79 Å². The number of aromatic nitrogens is 1. The Hall–Kier alpha value is -2.76. The van der Waals surface area contributed by atoms with Crippen molar-refractivity contribution in [2.75, 3.05) is 12.1 Å². The van der Waals surface area contributed by atoms with Crippen molar-refractivity contribution in [3.8, 4) is 23.1 Å². The molecule has 0 saturated carbocycles. The Morgan fingerprint density at radius 1 is 1.27 bits per heavy atom. The first-order valence-corrected chi connectivity index (χ1v) is 6.97. The zero-order valence-corrected chi connectivity index (χ0v) is 12.3. The molecule has 1 aliphatic heterocycles. The maximum absolute atomic E-state index is 11.8. The van der Waals surface area contributed by atoms with Crippen molar-refractivity contribution in [2.24, 2.45) is 5.92 Å². The second kappa shape index (κ2) is 5.93. The van der Waals surface area contributed by atoms with Gasteiger partial charge in [-0.15, -0.1) is 0 Å². The molecule has 2 heterocycles. The number of amides is 1. The van der Waals surface area contributed by atoms with E-state index in [1.807, 2.05) is 13.8 Å². The molecule has 0 atom stereocenters. The molecular formula is C16H16N2O4. The predicted octanol–water partition coefficient (Wildman–Crippen LogP) is 3.20. The summed E-state index contributed by atoms with van der Waals surface area (Å²) in [6.45, 7) is 3.85. The number of nitrogens with zero attached hydrogens (tertiary/aromatic N) is 1. The van der Waals surface area contributed by atoms with Crippen LogP contribution in [0.2, 0.25) is 0 Å². The molecule has 0 saturated heterocycles. The van der Waals surface area contributed by atoms with Gasteiger partial charge in [-0.1, -0.05) is 13.8 Å². The quantitative estimate of drug-likeness (QED) is 0.939. The maximum Gasteiger partial charge on any atom is 0.243 e. The summed E-state index contributed by atoms with van der Waals surface area (Å²) < 4.78 is 16.3. The van der Waals surface area contributed by atoms with E-state index in [0.717, 1.165) is 0 Å². The number of carbonyl (C=O) groups is 1. The molecule has 6 heteroatoms. The standard InChI is InChI=1S/C16H16N2O4/c1-10(2)15(19)18-12-4-3-7-17-16(12)22-11-5-6-13-14(8-11)21-9-20-13/h3-8,10H,9H2,1-2H3,(H,18,19). The van der Waals surface area contributed by atoms with Gasteiger partial charge in [0.25, 0.3) is 0 Å². The van der Waals surface area contributed by atoms with Crippen molar-refractivity contribution >= 4 is 11.6 Å². The molecule has 2 aromatic rings. The van der Waals surface area contributed by atoms with E-state index in [2.05, 4.69) is 10.3 Å². The number of pyridine rings is 1. The average Bonchev–Trinajstić information content (AvgIpc) is 2.96. The minimum absolute atomic E-state index is 0.0939. The van der Waals surface area contributed by atoms with Crippen LogP contribution < -0.4 is 19.5 Å². The number of anilines is 1. The molecular weight excluding hydrogens is 284 g/mol. The summed E-state index contributed by atoms with van der Waals surface area (Å²) in [7, 11) is 0. The first-order chi connectivity index (χ1) is 10.6. The summed E-state index contributed by atoms with van der Waals surface area (Å²) in [6.07, 6.45) is 1.60. The number of nitrogens with one attached hydrogen (secondary N) is 1. The summed E-state index contributed by atoms with van der Waals surface area (Å²) in [6, 6.07) is 8.74. The third-order valence-corrected chi connectivity index (χ3v) is 3.11. The SMILES string of the molecule is CC(C)C(=O)Nc1cccnc1Oc1ccc2c(c1)OCO2. The number of fused-ring (bicyclic) bond motifs is 1. The molecule has 1 aliphatic rings. The van der Waals surface area contributed by atoms with Gasteiger partial charge in [-0.2, -0.15) is 0 Å². The molecule has 0 spiro atoms. The van der Waals surface area contributed by atoms with Gasteiger partial charge in [0.05, 0.1) is 0 Å². The van der Waals surface area contributed by atoms with Crippen molar-refractivity contribution < 1.29 is 19.0 Å². The fraction of sp³-hybridized carbons (Fsp3) is 0.250. The van der Waals surface area contributed by atoms with Gasteiger partial charge in [0.15, 0.2) is 11.5 Å². The highest BCUT2D eigenvalue weighted by Crippen LogP contribution is 2.37. The van der Waals surface area contributed by atoms with Crippen LogP contribution in [0.5, 0.6) is 23.1 Å². The van der Waals surface area contributed by atoms with E-state index in [-0.39, 0.29) is 18.6 Å². The van der Waals surface area contributed by atoms with Gasteiger partial charge in [0.2, 0.25) is 18.6 Å². The first kappa shape index (κ1) is 14.2. The Morgan fingerprint density at radius 3 is 2.91 bits per heavy atom. The van der Waals surface area contributed by atoms with E-state index in [0.29, 0.717) is 28.8 Å². The zero-order chi connectivity index (χ0) is 15.5. The highest BCUT2D eigenvalue weighted by atomic mass is 16.7. The first-order valence-electron chi connectivity index (χ1n) is 6.97. The summed E-state index contributed by atoms with van der Waals surface area (Å²) in [5, 5.41) is 2.80. The van der Waals surface area contributed by atoms with Crippen molar-refractivity contribution in [1.82, 2.24) is 4.98 Å². The van der Waals surface area contributed by atoms with Gasteiger partial charge in [-0.3, -0.25) is 4.79 Å². The molecule has 0 fully saturated rings. The molecule has 3 rings (SSSR count). The van der Waals surface area contributed by atoms with Gasteiger partial charge >= 0.3 is 0 Å². The number of rotatable bonds is 4. The molecule has 0 radical (unpaired) electrons. The summed E-state index contributed by atoms with van der Waals surface area (Å²) >= 11 is 0. The molecule has 1 aromatic heterocycles. The Balaban J connectivity index is 1.82. The Kier molecular flexibility index (Phi) is 3.82. The Labute approximate surface area is 128 Å². The van der Waals surface area contributed by atoms with Crippen LogP contribution in [0.25, 0.3) is 0 Å². The van der Waals surface area contributed by atoms with Crippen molar-refractivity contribution in [3.05, 3.63) is 36.5 Å². The molecule has 0 unspecified atom stereocenters. The van der Waals surface area contributed by atoms with Crippen LogP contribution >= 0.6 is 0 Å². The van der Waals surface area contributed by atoms with Crippen LogP contribution in [0.3, 0.4) is 0 Å². The smallest absolute Gasteiger partial charge is 0.243 e. The lowest BCUT2D eigenvalue weighted by molar-refractivity contribution is -0.118. The number of hydrogen-bond donors (Lipinski definition) is 1. The average molecular weight is 300 g/mol. The van der Waals surface area contributed by atoms with Gasteiger partial charge in [0.1, 0.15) is 11.4 Å². The molecule has 0 bridgehead atoms. The highest BCUT2D eigenvalue weighted by molar-refractivity contribution is 5.93. The zero-order valence-electron chi connectivity index (χ0n) is 12.3. The van der Waals surface area contributed by atoms with Crippen LogP contribution in [0, 0.1) is 5.92 Å². The van der Waals surface area contributed by atoms with Crippen molar-refractivity contribution in [2.45, 2.75) is 13.8 Å². The van der Waals surface area contributed by atoms with Crippen LogP contribution in [-0.4, -0.2) is 17.7 Å². The van der Waals surface area contributed by atoms with Crippen molar-refractivity contribution in [3.63, 3.8) is 0 Å². The third kappa shape index (κ3) is 2.95. The van der Waals surface area contributed by atoms with E-state index in [1.54, 1.807) is 36.5 Å². The maximum atomic E-state index is 11.8. The fourth-order valence-corrected chi connectivity index (χ4v) is 1.90. The van der Waals surface area contributed by atoms with E-state index >= 15 is 0 Å². The van der Waals surface area contributed by atoms with Crippen LogP contribution in [0.1, 0.15) is 13.8 Å². The normalized spacial score (nSPS) is 12.3. The van der Waals surface area contributed by atoms with E-state index < -0.39 is 0 Å². The lowest BCUT2D eigenvalue weighted by Crippen LogP contribution is -2.18. The Bertz CT molecular complexity index is 700. The van der Waals surface area contributed by atoms with Gasteiger partial charge in [-0.25, -0.2) is 4.98 Å². The highest BCUT2D eigenvalue weighted by Gasteiger charge is 2.16. The van der Waals surface area contributed by atoms with E-state index in [4.69, 9.17) is 14.2 Å². The number of ether oxygens (including phenoxy) is 3. The number of benzene rings is 1. The topological polar surface area (TPSA) is 69.7 Å². The monoisotopic (exact) mass is 300 g/mol. The van der Waals surface area contributed by atoms with Crippen LogP contribution in [0.15, 0.2) is 36.5 Å². The third-order valence-electron chi connectivity index (χ3n) is 3.11. The lowest BCUT2D eigenvalue weighted by atomic mass is 10.2. The number of carbonyl (C=O) groups excluding carboxylic acids is 1. The largest absolute Gasteiger partial charge is 0.454 e. The second-order valence-corrected chi connectivity index (χ2v) is 5.12. The summed E-state index contributed by atoms with van der Waals surface area (Å²) in [5.74, 6) is 1.98. The fourth-order valence-electron chi connectivity index (χ4n) is 1.90. The minimum atomic E-state index is -0.126. The molecule has 0 aliphatic carbocycles. The van der Waals surface area contributed by atoms with Crippen LogP contribution in [0.4, 0.5) is 5.69 Å². The van der Waals surface area contributed by atoms with Gasteiger partial charge in [0, 0.05) is 18.2 Å². The summed E-state index contributed by atoms with van der Waals surface area (Å²) in [5.41, 5.74) is 0.527. The van der Waals surface area contributed by atoms with E-state index in [1.165, 1.54) is 0 Å². The van der Waals surface area contributed by atoms with Crippen LogP contribution in [-0.2, 0) is 4.79 Å². The second-order valence-electron chi connectivity index (χ2n) is 5.12. The molecule has 1 aromatic carbocycles. The molecule has 6 nitrogen and oxygen atoms in total. The van der Waals surface area contributed by atoms with Crippen molar-refractivity contribution in [1.29, 1.82) is 0 Å². The predicted molar refractivity (Wildman–Crippen MR) is 80.3 cm³/mol. The molecule has 1 amide bonds. The number of hydrogen-bond acceptors (Lipinski definition) is 5.